The summed E-state index contributed by atoms with van der Waals surface area (Å²) in [6.45, 7) is 4.62. The smallest absolute Gasteiger partial charge is 0.226 e. The minimum absolute atomic E-state index is 0.0573. The van der Waals surface area contributed by atoms with E-state index in [0.29, 0.717) is 30.5 Å². The molecule has 2 rings (SSSR count). The molecule has 0 saturated heterocycles. The van der Waals surface area contributed by atoms with Crippen molar-refractivity contribution in [2.45, 2.75) is 32.6 Å². The van der Waals surface area contributed by atoms with Crippen molar-refractivity contribution in [3.8, 4) is 5.75 Å². The summed E-state index contributed by atoms with van der Waals surface area (Å²) in [7, 11) is 0. The van der Waals surface area contributed by atoms with E-state index in [4.69, 9.17) is 4.74 Å². The van der Waals surface area contributed by atoms with Crippen molar-refractivity contribution in [2.24, 2.45) is 0 Å². The van der Waals surface area contributed by atoms with Crippen LogP contribution in [0.25, 0.3) is 0 Å². The van der Waals surface area contributed by atoms with Crippen molar-refractivity contribution >= 4 is 22.4 Å². The molecular formula is C15H19N3O2S. The fourth-order valence-corrected chi connectivity index (χ4v) is 2.40. The highest BCUT2D eigenvalue weighted by atomic mass is 32.1. The van der Waals surface area contributed by atoms with Crippen LogP contribution in [0.5, 0.6) is 5.75 Å². The van der Waals surface area contributed by atoms with E-state index in [9.17, 15) is 4.79 Å². The van der Waals surface area contributed by atoms with Crippen LogP contribution in [0.4, 0.5) is 5.13 Å². The van der Waals surface area contributed by atoms with E-state index in [1.807, 2.05) is 44.2 Å². The third-order valence-electron chi connectivity index (χ3n) is 2.74. The van der Waals surface area contributed by atoms with E-state index >= 15 is 0 Å². The zero-order valence-corrected chi connectivity index (χ0v) is 13.0. The number of hydrogen-bond donors (Lipinski definition) is 1. The Morgan fingerprint density at radius 2 is 2.05 bits per heavy atom. The van der Waals surface area contributed by atoms with Gasteiger partial charge in [0, 0.05) is 12.3 Å². The number of nitrogens with zero attached hydrogens (tertiary/aromatic N) is 2. The zero-order chi connectivity index (χ0) is 15.1. The molecule has 0 aliphatic carbocycles. The number of rotatable bonds is 7. The molecule has 0 aliphatic heterocycles. The van der Waals surface area contributed by atoms with E-state index in [1.54, 1.807) is 0 Å². The zero-order valence-electron chi connectivity index (χ0n) is 12.2. The van der Waals surface area contributed by atoms with Crippen LogP contribution in [-0.4, -0.2) is 22.7 Å². The van der Waals surface area contributed by atoms with Crippen LogP contribution in [0.3, 0.4) is 0 Å². The summed E-state index contributed by atoms with van der Waals surface area (Å²) in [6.07, 6.45) is 1.07. The first-order chi connectivity index (χ1) is 10.1. The molecule has 0 unspecified atom stereocenters. The predicted octanol–water partition coefficient (Wildman–Crippen LogP) is 3.46. The molecule has 2 aromatic rings. The fourth-order valence-electron chi connectivity index (χ4n) is 1.64. The third-order valence-corrected chi connectivity index (χ3v) is 3.88. The van der Waals surface area contributed by atoms with E-state index in [1.165, 1.54) is 11.3 Å². The van der Waals surface area contributed by atoms with Crippen LogP contribution >= 0.6 is 11.3 Å². The van der Waals surface area contributed by atoms with Crippen molar-refractivity contribution in [1.29, 1.82) is 0 Å². The Balaban J connectivity index is 1.67. The Bertz CT molecular complexity index is 569. The second-order valence-electron chi connectivity index (χ2n) is 4.91. The van der Waals surface area contributed by atoms with Crippen molar-refractivity contribution in [1.82, 2.24) is 10.2 Å². The largest absolute Gasteiger partial charge is 0.494 e. The summed E-state index contributed by atoms with van der Waals surface area (Å²) in [5, 5.41) is 12.2. The van der Waals surface area contributed by atoms with Gasteiger partial charge in [0.05, 0.1) is 6.61 Å². The third kappa shape index (κ3) is 5.15. The van der Waals surface area contributed by atoms with E-state index in [0.717, 1.165) is 10.8 Å². The number of carbonyl (C=O) groups is 1. The highest BCUT2D eigenvalue weighted by Crippen LogP contribution is 2.22. The van der Waals surface area contributed by atoms with Gasteiger partial charge in [-0.1, -0.05) is 43.4 Å². The molecule has 1 aromatic carbocycles. The number of ether oxygens (including phenoxy) is 1. The normalized spacial score (nSPS) is 10.6. The topological polar surface area (TPSA) is 64.1 Å². The second-order valence-corrected chi connectivity index (χ2v) is 5.92. The molecular weight excluding hydrogens is 286 g/mol. The second kappa shape index (κ2) is 7.73. The molecule has 0 bridgehead atoms. The Morgan fingerprint density at radius 3 is 2.71 bits per heavy atom. The fraction of sp³-hybridized carbons (Fsp3) is 0.400. The molecule has 0 saturated carbocycles. The molecule has 1 amide bonds. The number of anilines is 1. The first-order valence-electron chi connectivity index (χ1n) is 6.96. The Hall–Kier alpha value is -1.95. The van der Waals surface area contributed by atoms with Gasteiger partial charge in [-0.25, -0.2) is 0 Å². The van der Waals surface area contributed by atoms with Gasteiger partial charge in [0.2, 0.25) is 11.0 Å². The monoisotopic (exact) mass is 305 g/mol. The maximum atomic E-state index is 11.8. The highest BCUT2D eigenvalue weighted by molar-refractivity contribution is 7.15. The van der Waals surface area contributed by atoms with Gasteiger partial charge in [-0.05, 0) is 18.6 Å². The summed E-state index contributed by atoms with van der Waals surface area (Å²) in [5.74, 6) is 1.09. The van der Waals surface area contributed by atoms with Crippen LogP contribution < -0.4 is 10.1 Å². The van der Waals surface area contributed by atoms with Gasteiger partial charge in [-0.15, -0.1) is 10.2 Å². The van der Waals surface area contributed by atoms with E-state index < -0.39 is 0 Å². The van der Waals surface area contributed by atoms with Crippen molar-refractivity contribution in [2.75, 3.05) is 11.9 Å². The van der Waals surface area contributed by atoms with Crippen molar-refractivity contribution in [3.05, 3.63) is 35.3 Å². The molecule has 1 N–H and O–H groups in total. The summed E-state index contributed by atoms with van der Waals surface area (Å²) >= 11 is 1.42. The first-order valence-corrected chi connectivity index (χ1v) is 7.78. The van der Waals surface area contributed by atoms with Crippen LogP contribution in [-0.2, 0) is 4.79 Å². The minimum atomic E-state index is -0.0573. The lowest BCUT2D eigenvalue weighted by molar-refractivity contribution is -0.116. The molecule has 5 nitrogen and oxygen atoms in total. The molecule has 0 spiro atoms. The highest BCUT2D eigenvalue weighted by Gasteiger charge is 2.10. The van der Waals surface area contributed by atoms with Gasteiger partial charge in [-0.2, -0.15) is 0 Å². The Labute approximate surface area is 128 Å². The van der Waals surface area contributed by atoms with Crippen LogP contribution in [0.15, 0.2) is 30.3 Å². The van der Waals surface area contributed by atoms with Gasteiger partial charge in [-0.3, -0.25) is 4.79 Å². The maximum Gasteiger partial charge on any atom is 0.226 e. The van der Waals surface area contributed by atoms with Gasteiger partial charge >= 0.3 is 0 Å². The molecule has 0 fully saturated rings. The number of amides is 1. The summed E-state index contributed by atoms with van der Waals surface area (Å²) < 4.78 is 5.54. The molecule has 112 valence electrons. The lowest BCUT2D eigenvalue weighted by Crippen LogP contribution is -2.12. The van der Waals surface area contributed by atoms with Crippen LogP contribution in [0.2, 0.25) is 0 Å². The number of benzene rings is 1. The van der Waals surface area contributed by atoms with Crippen LogP contribution in [0.1, 0.15) is 37.6 Å². The molecule has 0 atom stereocenters. The van der Waals surface area contributed by atoms with E-state index in [2.05, 4.69) is 15.5 Å². The molecule has 21 heavy (non-hydrogen) atoms. The molecule has 1 aromatic heterocycles. The van der Waals surface area contributed by atoms with Crippen molar-refractivity contribution < 1.29 is 9.53 Å². The predicted molar refractivity (Wildman–Crippen MR) is 83.8 cm³/mol. The SMILES string of the molecule is CC(C)c1nnc(NC(=O)CCCOc2ccccc2)s1. The first kappa shape index (κ1) is 15.4. The molecule has 6 heteroatoms. The Morgan fingerprint density at radius 1 is 1.29 bits per heavy atom. The van der Waals surface area contributed by atoms with Gasteiger partial charge in [0.1, 0.15) is 10.8 Å². The van der Waals surface area contributed by atoms with Gasteiger partial charge in [0.25, 0.3) is 0 Å². The standard InChI is InChI=1S/C15H19N3O2S/c1-11(2)14-17-18-15(21-14)16-13(19)9-6-10-20-12-7-4-3-5-8-12/h3-5,7-8,11H,6,9-10H2,1-2H3,(H,16,18,19). The summed E-state index contributed by atoms with van der Waals surface area (Å²) in [4.78, 5) is 11.8. The quantitative estimate of drug-likeness (QED) is 0.796. The maximum absolute atomic E-state index is 11.8. The summed E-state index contributed by atoms with van der Waals surface area (Å²) in [6, 6.07) is 9.57. The number of aromatic nitrogens is 2. The van der Waals surface area contributed by atoms with Gasteiger partial charge in [0.15, 0.2) is 0 Å². The van der Waals surface area contributed by atoms with Crippen molar-refractivity contribution in [3.63, 3.8) is 0 Å². The average molecular weight is 305 g/mol. The van der Waals surface area contributed by atoms with Crippen LogP contribution in [0, 0.1) is 0 Å². The molecule has 0 aliphatic rings. The van der Waals surface area contributed by atoms with Gasteiger partial charge < -0.3 is 10.1 Å². The number of para-hydroxylation sites is 1. The number of hydrogen-bond acceptors (Lipinski definition) is 5. The molecule has 0 radical (unpaired) electrons. The number of carbonyl (C=O) groups excluding carboxylic acids is 1. The lowest BCUT2D eigenvalue weighted by Gasteiger charge is -2.05. The lowest BCUT2D eigenvalue weighted by atomic mass is 10.2. The summed E-state index contributed by atoms with van der Waals surface area (Å²) in [5.41, 5.74) is 0. The Kier molecular flexibility index (Phi) is 5.68. The minimum Gasteiger partial charge on any atom is -0.494 e. The average Bonchev–Trinajstić information content (AvgIpc) is 2.93. The van der Waals surface area contributed by atoms with E-state index in [-0.39, 0.29) is 5.91 Å². The molecule has 1 heterocycles. The number of nitrogens with one attached hydrogen (secondary N) is 1.